The van der Waals surface area contributed by atoms with E-state index in [1.807, 2.05) is 23.1 Å². The van der Waals surface area contributed by atoms with Gasteiger partial charge in [0.25, 0.3) is 5.91 Å². The van der Waals surface area contributed by atoms with Crippen molar-refractivity contribution in [2.75, 3.05) is 64.0 Å². The van der Waals surface area contributed by atoms with Crippen molar-refractivity contribution in [3.63, 3.8) is 0 Å². The molecular formula is C31H41N6O11P. The Bertz CT molecular complexity index is 1510. The number of benzene rings is 1. The highest BCUT2D eigenvalue weighted by Crippen LogP contribution is 2.28. The summed E-state index contributed by atoms with van der Waals surface area (Å²) in [6.45, 7) is 3.79. The molecule has 2 aromatic rings. The van der Waals surface area contributed by atoms with Crippen molar-refractivity contribution in [3.8, 4) is 11.4 Å². The number of aromatic nitrogens is 2. The number of nitrogens with one attached hydrogen (secondary N) is 1. The summed E-state index contributed by atoms with van der Waals surface area (Å²) in [6.07, 6.45) is -0.307. The van der Waals surface area contributed by atoms with Crippen molar-refractivity contribution in [1.29, 1.82) is 0 Å². The maximum atomic E-state index is 13.9. The number of hydrogen-bond acceptors (Lipinski definition) is 14. The summed E-state index contributed by atoms with van der Waals surface area (Å²) in [6, 6.07) is 9.17. The second-order valence-corrected chi connectivity index (χ2v) is 12.5. The van der Waals surface area contributed by atoms with Gasteiger partial charge in [-0.1, -0.05) is 30.3 Å². The highest BCUT2D eigenvalue weighted by Gasteiger charge is 2.34. The average Bonchev–Trinajstić information content (AvgIpc) is 3.57. The number of anilines is 1. The number of carbonyl (C=O) groups excluding carboxylic acids is 5. The van der Waals surface area contributed by atoms with E-state index < -0.39 is 56.6 Å². The highest BCUT2D eigenvalue weighted by molar-refractivity contribution is 7.39. The monoisotopic (exact) mass is 704 g/mol. The van der Waals surface area contributed by atoms with E-state index in [0.29, 0.717) is 24.5 Å². The number of hydrogen-bond donors (Lipinski definition) is 1. The zero-order valence-electron chi connectivity index (χ0n) is 27.8. The van der Waals surface area contributed by atoms with Gasteiger partial charge in [0.15, 0.2) is 5.82 Å². The summed E-state index contributed by atoms with van der Waals surface area (Å²) in [7, 11) is -1.67. The summed E-state index contributed by atoms with van der Waals surface area (Å²) < 4.78 is 38.6. The maximum Gasteiger partial charge on any atom is 0.409 e. The highest BCUT2D eigenvalue weighted by atomic mass is 31.1. The third kappa shape index (κ3) is 10.7. The van der Waals surface area contributed by atoms with Gasteiger partial charge in [0.05, 0.1) is 18.9 Å². The maximum absolute atomic E-state index is 13.9. The number of amides is 3. The van der Waals surface area contributed by atoms with E-state index in [4.69, 9.17) is 28.5 Å². The Labute approximate surface area is 284 Å². The van der Waals surface area contributed by atoms with Crippen molar-refractivity contribution in [3.05, 3.63) is 42.1 Å². The van der Waals surface area contributed by atoms with Gasteiger partial charge in [-0.2, -0.15) is 0 Å². The fourth-order valence-electron chi connectivity index (χ4n) is 5.20. The molecule has 266 valence electrons. The topological polar surface area (TPSA) is 196 Å². The molecular weight excluding hydrogens is 663 g/mol. The predicted molar refractivity (Wildman–Crippen MR) is 174 cm³/mol. The molecule has 3 amide bonds. The zero-order valence-corrected chi connectivity index (χ0v) is 28.8. The van der Waals surface area contributed by atoms with Crippen LogP contribution in [0.2, 0.25) is 0 Å². The average molecular weight is 705 g/mol. The lowest BCUT2D eigenvalue weighted by Crippen LogP contribution is -2.56. The minimum Gasteiger partial charge on any atom is -0.450 e. The Kier molecular flexibility index (Phi) is 13.4. The Morgan fingerprint density at radius 2 is 1.61 bits per heavy atom. The molecule has 0 saturated carbocycles. The Morgan fingerprint density at radius 1 is 0.959 bits per heavy atom. The lowest BCUT2D eigenvalue weighted by Gasteiger charge is -2.36. The molecule has 18 heteroatoms. The Morgan fingerprint density at radius 3 is 2.20 bits per heavy atom. The van der Waals surface area contributed by atoms with E-state index in [9.17, 15) is 28.5 Å². The van der Waals surface area contributed by atoms with Crippen molar-refractivity contribution >= 4 is 43.7 Å². The number of ether oxygens (including phenoxy) is 4. The number of nitrogens with zero attached hydrogens (tertiary/aromatic N) is 5. The van der Waals surface area contributed by atoms with Crippen LogP contribution in [0.3, 0.4) is 0 Å². The van der Waals surface area contributed by atoms with Crippen LogP contribution in [0, 0.1) is 0 Å². The number of esters is 2. The summed E-state index contributed by atoms with van der Waals surface area (Å²) in [5, 5.41) is 2.65. The van der Waals surface area contributed by atoms with Crippen LogP contribution < -0.4 is 10.2 Å². The van der Waals surface area contributed by atoms with Gasteiger partial charge in [0, 0.05) is 71.9 Å². The third-order valence-corrected chi connectivity index (χ3v) is 8.82. The molecule has 4 rings (SSSR count). The number of piperazine rings is 1. The van der Waals surface area contributed by atoms with E-state index >= 15 is 0 Å². The first kappa shape index (κ1) is 37.2. The molecule has 2 saturated heterocycles. The summed E-state index contributed by atoms with van der Waals surface area (Å²) in [4.78, 5) is 77.0. The van der Waals surface area contributed by atoms with E-state index in [2.05, 4.69) is 10.3 Å². The van der Waals surface area contributed by atoms with Crippen LogP contribution in [0.1, 0.15) is 37.7 Å². The molecule has 49 heavy (non-hydrogen) atoms. The molecule has 0 radical (unpaired) electrons. The van der Waals surface area contributed by atoms with Crippen LogP contribution in [0.5, 0.6) is 0 Å². The van der Waals surface area contributed by atoms with E-state index in [0.717, 1.165) is 20.3 Å². The van der Waals surface area contributed by atoms with E-state index in [1.165, 1.54) is 15.9 Å². The molecule has 17 nitrogen and oxygen atoms in total. The van der Waals surface area contributed by atoms with E-state index in [1.54, 1.807) is 26.2 Å². The fraction of sp³-hybridized carbons (Fsp3) is 0.516. The van der Waals surface area contributed by atoms with Gasteiger partial charge in [0.1, 0.15) is 17.6 Å². The molecule has 0 bridgehead atoms. The van der Waals surface area contributed by atoms with Gasteiger partial charge in [-0.15, -0.1) is 0 Å². The van der Waals surface area contributed by atoms with Crippen molar-refractivity contribution in [2.24, 2.45) is 0 Å². The molecule has 3 heterocycles. The molecule has 2 aliphatic rings. The van der Waals surface area contributed by atoms with Crippen LogP contribution in [-0.4, -0.2) is 127 Å². The molecule has 1 aromatic heterocycles. The van der Waals surface area contributed by atoms with Crippen LogP contribution in [0.25, 0.3) is 11.4 Å². The SMILES string of the molecule is CCOC(=O)N1CCN(C(=O)[C@@H](C[PH](=O)OC(OC(C)=O)OC(C)=O)NC(=O)c2cc(N3CC[C@H](OC)C3)nc(-c3ccccc3)n2)CC1. The van der Waals surface area contributed by atoms with Gasteiger partial charge >= 0.3 is 24.5 Å². The van der Waals surface area contributed by atoms with Gasteiger partial charge in [-0.05, 0) is 13.3 Å². The molecule has 0 aliphatic carbocycles. The smallest absolute Gasteiger partial charge is 0.409 e. The fourth-order valence-corrected chi connectivity index (χ4v) is 6.22. The Hall–Kier alpha value is -4.60. The predicted octanol–water partition coefficient (Wildman–Crippen LogP) is 1.67. The first-order valence-electron chi connectivity index (χ1n) is 15.7. The number of methoxy groups -OCH3 is 1. The van der Waals surface area contributed by atoms with Crippen LogP contribution >= 0.6 is 8.03 Å². The van der Waals surface area contributed by atoms with Gasteiger partial charge in [0.2, 0.25) is 13.9 Å². The summed E-state index contributed by atoms with van der Waals surface area (Å²) in [5.74, 6) is -2.33. The minimum atomic E-state index is -3.30. The van der Waals surface area contributed by atoms with Crippen molar-refractivity contribution < 1.29 is 52.0 Å². The Balaban J connectivity index is 1.60. The quantitative estimate of drug-likeness (QED) is 0.180. The molecule has 1 N–H and O–H groups in total. The first-order chi connectivity index (χ1) is 23.5. The molecule has 2 aliphatic heterocycles. The van der Waals surface area contributed by atoms with Gasteiger partial charge in [-0.25, -0.2) is 14.8 Å². The van der Waals surface area contributed by atoms with Crippen molar-refractivity contribution in [1.82, 2.24) is 25.1 Å². The molecule has 1 unspecified atom stereocenters. The molecule has 2 fully saturated rings. The summed E-state index contributed by atoms with van der Waals surface area (Å²) in [5.41, 5.74) is 0.612. The minimum absolute atomic E-state index is 0.0147. The lowest BCUT2D eigenvalue weighted by molar-refractivity contribution is -0.231. The van der Waals surface area contributed by atoms with Crippen LogP contribution in [0.4, 0.5) is 10.6 Å². The second-order valence-electron chi connectivity index (χ2n) is 11.1. The normalized spacial score (nSPS) is 17.3. The lowest BCUT2D eigenvalue weighted by atomic mass is 10.2. The number of rotatable bonds is 13. The largest absolute Gasteiger partial charge is 0.450 e. The molecule has 1 aromatic carbocycles. The zero-order chi connectivity index (χ0) is 35.5. The molecule has 0 spiro atoms. The van der Waals surface area contributed by atoms with Gasteiger partial charge in [-0.3, -0.25) is 28.3 Å². The van der Waals surface area contributed by atoms with Crippen LogP contribution in [-0.2, 0) is 42.4 Å². The third-order valence-electron chi connectivity index (χ3n) is 7.62. The number of carbonyl (C=O) groups is 5. The van der Waals surface area contributed by atoms with E-state index in [-0.39, 0.29) is 50.4 Å². The summed E-state index contributed by atoms with van der Waals surface area (Å²) >= 11 is 0. The molecule has 3 atom stereocenters. The van der Waals surface area contributed by atoms with Crippen LogP contribution in [0.15, 0.2) is 36.4 Å². The second kappa shape index (κ2) is 17.7. The standard InChI is InChI=1S/C31H41N6O11P/c1-5-45-30(42)36-15-13-35(14-16-36)29(41)25(19-49(43)48-31(46-20(2)38)47-21(3)39)33-28(40)24-17-26(37-12-11-23(18-37)44-4)34-27(32-24)22-9-7-6-8-10-22/h6-10,17,23,25,31,49H,5,11-16,18-19H2,1-4H3,(H,33,40)/t23-,25+/m0/s1. The first-order valence-corrected chi connectivity index (χ1v) is 17.3. The van der Waals surface area contributed by atoms with Gasteiger partial charge < -0.3 is 39.0 Å². The van der Waals surface area contributed by atoms with Crippen molar-refractivity contribution in [2.45, 2.75) is 45.8 Å².